The maximum atomic E-state index is 12.0. The Morgan fingerprint density at radius 1 is 1.33 bits per heavy atom. The summed E-state index contributed by atoms with van der Waals surface area (Å²) in [5.74, 6) is 1.13. The van der Waals surface area contributed by atoms with E-state index in [4.69, 9.17) is 0 Å². The molecule has 2 unspecified atom stereocenters. The van der Waals surface area contributed by atoms with Crippen molar-refractivity contribution >= 4 is 10.0 Å². The summed E-state index contributed by atoms with van der Waals surface area (Å²) >= 11 is 0. The van der Waals surface area contributed by atoms with Crippen molar-refractivity contribution in [2.24, 2.45) is 16.7 Å². The number of rotatable bonds is 0. The Kier molecular flexibility index (Phi) is 1.63. The normalized spacial score (nSPS) is 50.9. The molecule has 1 saturated heterocycles. The molecule has 0 aromatic heterocycles. The van der Waals surface area contributed by atoms with Crippen LogP contribution in [0.25, 0.3) is 0 Å². The molecule has 0 radical (unpaired) electrons. The van der Waals surface area contributed by atoms with Crippen molar-refractivity contribution in [3.05, 3.63) is 0 Å². The van der Waals surface area contributed by atoms with Crippen LogP contribution in [0, 0.1) is 16.7 Å². The van der Waals surface area contributed by atoms with Crippen molar-refractivity contribution in [1.82, 2.24) is 4.31 Å². The Hall–Kier alpha value is -0.0900. The molecule has 0 N–H and O–H groups in total. The first-order chi connectivity index (χ1) is 6.81. The minimum absolute atomic E-state index is 0.0608. The van der Waals surface area contributed by atoms with Crippen molar-refractivity contribution in [1.29, 1.82) is 0 Å². The topological polar surface area (TPSA) is 37.4 Å². The SMILES string of the molecule is CN1C2CC3CC[C@@]2(CS1(=O)=O)C3(C)C. The Balaban J connectivity index is 2.16. The van der Waals surface area contributed by atoms with E-state index in [1.165, 1.54) is 6.42 Å². The Labute approximate surface area is 91.9 Å². The fourth-order valence-electron chi connectivity index (χ4n) is 4.50. The van der Waals surface area contributed by atoms with Crippen molar-refractivity contribution in [3.8, 4) is 0 Å². The zero-order chi connectivity index (χ0) is 11.1. The zero-order valence-corrected chi connectivity index (χ0v) is 10.5. The van der Waals surface area contributed by atoms with Crippen LogP contribution in [-0.4, -0.2) is 31.6 Å². The molecule has 3 atom stereocenters. The second-order valence-corrected chi connectivity index (χ2v) is 8.17. The summed E-state index contributed by atoms with van der Waals surface area (Å²) in [6.07, 6.45) is 3.43. The molecule has 2 saturated carbocycles. The molecule has 3 fully saturated rings. The highest BCUT2D eigenvalue weighted by Crippen LogP contribution is 2.69. The van der Waals surface area contributed by atoms with E-state index in [0.29, 0.717) is 5.75 Å². The third kappa shape index (κ3) is 0.897. The molecular weight excluding hydrogens is 210 g/mol. The average Bonchev–Trinajstić information content (AvgIpc) is 2.56. The second-order valence-electron chi connectivity index (χ2n) is 6.14. The fraction of sp³-hybridized carbons (Fsp3) is 1.00. The van der Waals surface area contributed by atoms with Crippen LogP contribution in [0.3, 0.4) is 0 Å². The first-order valence-corrected chi connectivity index (χ1v) is 7.38. The van der Waals surface area contributed by atoms with Crippen molar-refractivity contribution in [2.45, 2.75) is 39.2 Å². The molecule has 0 aromatic carbocycles. The summed E-state index contributed by atoms with van der Waals surface area (Å²) in [4.78, 5) is 0. The monoisotopic (exact) mass is 229 g/mol. The molecule has 3 rings (SSSR count). The van der Waals surface area contributed by atoms with Crippen LogP contribution in [0.4, 0.5) is 0 Å². The van der Waals surface area contributed by atoms with E-state index in [2.05, 4.69) is 13.8 Å². The van der Waals surface area contributed by atoms with Gasteiger partial charge in [-0.3, -0.25) is 0 Å². The zero-order valence-electron chi connectivity index (χ0n) is 9.66. The molecule has 0 aromatic rings. The quantitative estimate of drug-likeness (QED) is 0.630. The molecule has 2 aliphatic carbocycles. The molecule has 3 aliphatic rings. The Bertz CT molecular complexity index is 414. The average molecular weight is 229 g/mol. The van der Waals surface area contributed by atoms with Gasteiger partial charge in [-0.25, -0.2) is 12.7 Å². The number of hydrogen-bond donors (Lipinski definition) is 0. The summed E-state index contributed by atoms with van der Waals surface area (Å²) in [5.41, 5.74) is 0.279. The summed E-state index contributed by atoms with van der Waals surface area (Å²) in [5, 5.41) is 0. The molecule has 15 heavy (non-hydrogen) atoms. The van der Waals surface area contributed by atoms with Crippen LogP contribution in [0.2, 0.25) is 0 Å². The number of hydrogen-bond acceptors (Lipinski definition) is 2. The van der Waals surface area contributed by atoms with Crippen LogP contribution in [-0.2, 0) is 10.0 Å². The van der Waals surface area contributed by atoms with Gasteiger partial charge in [0.05, 0.1) is 5.75 Å². The summed E-state index contributed by atoms with van der Waals surface area (Å²) in [6.45, 7) is 4.55. The van der Waals surface area contributed by atoms with Gasteiger partial charge >= 0.3 is 0 Å². The third-order valence-corrected chi connectivity index (χ3v) is 7.72. The minimum atomic E-state index is -2.97. The van der Waals surface area contributed by atoms with Crippen LogP contribution < -0.4 is 0 Å². The van der Waals surface area contributed by atoms with E-state index < -0.39 is 10.0 Å². The summed E-state index contributed by atoms with van der Waals surface area (Å²) < 4.78 is 25.6. The van der Waals surface area contributed by atoms with Gasteiger partial charge < -0.3 is 0 Å². The number of fused-ring (bicyclic) bond motifs is 1. The first-order valence-electron chi connectivity index (χ1n) is 5.77. The predicted molar refractivity (Wildman–Crippen MR) is 58.9 cm³/mol. The van der Waals surface area contributed by atoms with Crippen molar-refractivity contribution < 1.29 is 8.42 Å². The molecular formula is C11H19NO2S. The van der Waals surface area contributed by atoms with E-state index in [9.17, 15) is 8.42 Å². The predicted octanol–water partition coefficient (Wildman–Crippen LogP) is 1.46. The van der Waals surface area contributed by atoms with Crippen LogP contribution in [0.5, 0.6) is 0 Å². The molecule has 4 heteroatoms. The van der Waals surface area contributed by atoms with Crippen molar-refractivity contribution in [3.63, 3.8) is 0 Å². The summed E-state index contributed by atoms with van der Waals surface area (Å²) in [6, 6.07) is 0.288. The van der Waals surface area contributed by atoms with Crippen LogP contribution in [0.15, 0.2) is 0 Å². The third-order valence-electron chi connectivity index (χ3n) is 5.71. The van der Waals surface area contributed by atoms with Crippen LogP contribution in [0.1, 0.15) is 33.1 Å². The lowest BCUT2D eigenvalue weighted by Crippen LogP contribution is -2.40. The highest BCUT2D eigenvalue weighted by Gasteiger charge is 2.70. The maximum absolute atomic E-state index is 12.0. The maximum Gasteiger partial charge on any atom is 0.214 e. The largest absolute Gasteiger partial charge is 0.214 e. The van der Waals surface area contributed by atoms with E-state index in [-0.39, 0.29) is 16.9 Å². The summed E-state index contributed by atoms with van der Waals surface area (Å²) in [7, 11) is -1.20. The van der Waals surface area contributed by atoms with Gasteiger partial charge in [0.25, 0.3) is 0 Å². The van der Waals surface area contributed by atoms with E-state index >= 15 is 0 Å². The molecule has 2 bridgehead atoms. The molecule has 3 nitrogen and oxygen atoms in total. The van der Waals surface area contributed by atoms with Gasteiger partial charge in [0.1, 0.15) is 0 Å². The molecule has 1 heterocycles. The van der Waals surface area contributed by atoms with Gasteiger partial charge in [-0.1, -0.05) is 13.8 Å². The van der Waals surface area contributed by atoms with Gasteiger partial charge in [-0.2, -0.15) is 0 Å². The standard InChI is InChI=1S/C11H19NO2S/c1-10(2)8-4-5-11(10)7-15(13,14)12(3)9(11)6-8/h8-9H,4-7H2,1-3H3/t8?,9?,11-/m0/s1. The Morgan fingerprint density at radius 2 is 2.00 bits per heavy atom. The smallest absolute Gasteiger partial charge is 0.212 e. The van der Waals surface area contributed by atoms with Gasteiger partial charge in [-0.15, -0.1) is 0 Å². The van der Waals surface area contributed by atoms with E-state index in [1.807, 2.05) is 0 Å². The Morgan fingerprint density at radius 3 is 2.53 bits per heavy atom. The highest BCUT2D eigenvalue weighted by atomic mass is 32.2. The van der Waals surface area contributed by atoms with E-state index in [0.717, 1.165) is 18.8 Å². The first kappa shape index (κ1) is 10.1. The van der Waals surface area contributed by atoms with Gasteiger partial charge in [0.2, 0.25) is 10.0 Å². The fourth-order valence-corrected chi connectivity index (χ4v) is 6.74. The lowest BCUT2D eigenvalue weighted by atomic mass is 9.69. The molecule has 86 valence electrons. The lowest BCUT2D eigenvalue weighted by Gasteiger charge is -2.36. The second kappa shape index (κ2) is 2.43. The number of sulfonamides is 1. The van der Waals surface area contributed by atoms with Gasteiger partial charge in [0.15, 0.2) is 0 Å². The molecule has 1 aliphatic heterocycles. The minimum Gasteiger partial charge on any atom is -0.212 e. The number of nitrogens with zero attached hydrogens (tertiary/aromatic N) is 1. The van der Waals surface area contributed by atoms with E-state index in [1.54, 1.807) is 11.4 Å². The van der Waals surface area contributed by atoms with Gasteiger partial charge in [0, 0.05) is 18.5 Å². The van der Waals surface area contributed by atoms with Gasteiger partial charge in [-0.05, 0) is 30.6 Å². The highest BCUT2D eigenvalue weighted by molar-refractivity contribution is 7.89. The molecule has 0 amide bonds. The van der Waals surface area contributed by atoms with Crippen molar-refractivity contribution in [2.75, 3.05) is 12.8 Å². The van der Waals surface area contributed by atoms with Crippen LogP contribution >= 0.6 is 0 Å². The molecule has 1 spiro atoms. The lowest BCUT2D eigenvalue weighted by molar-refractivity contribution is 0.121.